The molecular weight excluding hydrogens is 349 g/mol. The lowest BCUT2D eigenvalue weighted by Crippen LogP contribution is -2.46. The second-order valence-corrected chi connectivity index (χ2v) is 5.99. The van der Waals surface area contributed by atoms with Crippen molar-refractivity contribution in [2.45, 2.75) is 38.4 Å². The van der Waals surface area contributed by atoms with Gasteiger partial charge in [0.15, 0.2) is 0 Å². The zero-order valence-electron chi connectivity index (χ0n) is 13.0. The monoisotopic (exact) mass is 366 g/mol. The molecule has 5 nitrogen and oxygen atoms in total. The minimum Gasteiger partial charge on any atom is -0.481 e. The van der Waals surface area contributed by atoms with E-state index in [1.54, 1.807) is 13.0 Å². The van der Waals surface area contributed by atoms with Crippen molar-refractivity contribution in [1.82, 2.24) is 0 Å². The molecule has 0 saturated heterocycles. The van der Waals surface area contributed by atoms with Gasteiger partial charge >= 0.3 is 12.1 Å². The molecule has 24 heavy (non-hydrogen) atoms. The molecule has 0 aliphatic heterocycles. The summed E-state index contributed by atoms with van der Waals surface area (Å²) in [4.78, 5) is 22.7. The Kier molecular flexibility index (Phi) is 6.62. The average molecular weight is 367 g/mol. The molecule has 0 heterocycles. The average Bonchev–Trinajstić information content (AvgIpc) is 2.46. The number of rotatable bonds is 6. The summed E-state index contributed by atoms with van der Waals surface area (Å²) in [5.74, 6) is -4.41. The predicted octanol–water partition coefficient (Wildman–Crippen LogP) is 3.38. The second kappa shape index (κ2) is 7.85. The third-order valence-corrected chi connectivity index (χ3v) is 3.99. The zero-order valence-corrected chi connectivity index (χ0v) is 13.8. The second-order valence-electron chi connectivity index (χ2n) is 5.58. The van der Waals surface area contributed by atoms with Gasteiger partial charge in [0, 0.05) is 0 Å². The fourth-order valence-electron chi connectivity index (χ4n) is 1.97. The van der Waals surface area contributed by atoms with Crippen molar-refractivity contribution >= 4 is 29.2 Å². The van der Waals surface area contributed by atoms with Crippen molar-refractivity contribution in [3.63, 3.8) is 0 Å². The number of hydrogen-bond donors (Lipinski definition) is 3. The van der Waals surface area contributed by atoms with Gasteiger partial charge in [0.25, 0.3) is 0 Å². The van der Waals surface area contributed by atoms with Gasteiger partial charge in [0.05, 0.1) is 29.1 Å². The third-order valence-electron chi connectivity index (χ3n) is 3.66. The first-order chi connectivity index (χ1) is 10.9. The van der Waals surface area contributed by atoms with E-state index in [1.165, 1.54) is 12.1 Å². The van der Waals surface area contributed by atoms with Gasteiger partial charge in [-0.1, -0.05) is 31.5 Å². The number of nitrogens with one attached hydrogen (secondary N) is 1. The summed E-state index contributed by atoms with van der Waals surface area (Å²) in [6.45, 7) is 2.48. The van der Waals surface area contributed by atoms with E-state index in [0.717, 1.165) is 6.92 Å². The summed E-state index contributed by atoms with van der Waals surface area (Å²) in [6.07, 6.45) is -4.74. The first kappa shape index (κ1) is 20.2. The topological polar surface area (TPSA) is 92.4 Å². The number of hydrogen-bond acceptors (Lipinski definition) is 3. The number of carbonyl (C=O) groups is 2. The fourth-order valence-corrected chi connectivity index (χ4v) is 2.14. The fraction of sp³-hybridized carbons (Fsp3) is 0.467. The summed E-state index contributed by atoms with van der Waals surface area (Å²) in [5.41, 5.74) is 6.02. The first-order valence-electron chi connectivity index (χ1n) is 7.08. The van der Waals surface area contributed by atoms with Crippen LogP contribution in [0.3, 0.4) is 0 Å². The van der Waals surface area contributed by atoms with Gasteiger partial charge in [-0.2, -0.15) is 13.2 Å². The van der Waals surface area contributed by atoms with Gasteiger partial charge in [-0.25, -0.2) is 0 Å². The Morgan fingerprint density at radius 3 is 2.42 bits per heavy atom. The molecule has 0 radical (unpaired) electrons. The SMILES string of the molecule is CC(C(N)C(=O)Nc1cc([C@H](C)CC(=O)O)ccc1Cl)C(F)(F)F. The molecule has 2 unspecified atom stereocenters. The Bertz CT molecular complexity index is 622. The van der Waals surface area contributed by atoms with E-state index >= 15 is 0 Å². The van der Waals surface area contributed by atoms with Crippen LogP contribution in [0.1, 0.15) is 31.7 Å². The van der Waals surface area contributed by atoms with Gasteiger partial charge < -0.3 is 16.2 Å². The van der Waals surface area contributed by atoms with E-state index in [1.807, 2.05) is 0 Å². The largest absolute Gasteiger partial charge is 0.481 e. The highest BCUT2D eigenvalue weighted by molar-refractivity contribution is 6.33. The quantitative estimate of drug-likeness (QED) is 0.719. The molecule has 1 aromatic rings. The highest BCUT2D eigenvalue weighted by Gasteiger charge is 2.42. The number of carboxylic acids is 1. The van der Waals surface area contributed by atoms with Gasteiger partial charge in [-0.3, -0.25) is 9.59 Å². The highest BCUT2D eigenvalue weighted by atomic mass is 35.5. The van der Waals surface area contributed by atoms with E-state index in [2.05, 4.69) is 5.32 Å². The van der Waals surface area contributed by atoms with Crippen LogP contribution in [0, 0.1) is 5.92 Å². The Morgan fingerprint density at radius 2 is 1.92 bits per heavy atom. The summed E-state index contributed by atoms with van der Waals surface area (Å²) >= 11 is 5.93. The number of amides is 1. The summed E-state index contributed by atoms with van der Waals surface area (Å²) < 4.78 is 37.9. The van der Waals surface area contributed by atoms with Crippen molar-refractivity contribution in [2.24, 2.45) is 11.7 Å². The molecule has 0 bridgehead atoms. The Morgan fingerprint density at radius 1 is 1.33 bits per heavy atom. The van der Waals surface area contributed by atoms with Gasteiger partial charge in [0.2, 0.25) is 5.91 Å². The lowest BCUT2D eigenvalue weighted by atomic mass is 9.97. The number of carbonyl (C=O) groups excluding carboxylic acids is 1. The molecular formula is C15H18ClF3N2O3. The van der Waals surface area contributed by atoms with Crippen LogP contribution >= 0.6 is 11.6 Å². The molecule has 0 aromatic heterocycles. The molecule has 0 saturated carbocycles. The van der Waals surface area contributed by atoms with Gasteiger partial charge in [-0.15, -0.1) is 0 Å². The van der Waals surface area contributed by atoms with E-state index in [4.69, 9.17) is 22.4 Å². The Balaban J connectivity index is 2.94. The molecule has 0 aliphatic carbocycles. The van der Waals surface area contributed by atoms with Crippen LogP contribution in [0.4, 0.5) is 18.9 Å². The number of alkyl halides is 3. The highest BCUT2D eigenvalue weighted by Crippen LogP contribution is 2.30. The maximum absolute atomic E-state index is 12.6. The van der Waals surface area contributed by atoms with E-state index < -0.39 is 30.0 Å². The van der Waals surface area contributed by atoms with Gasteiger partial charge in [0.1, 0.15) is 0 Å². The minimum absolute atomic E-state index is 0.0845. The summed E-state index contributed by atoms with van der Waals surface area (Å²) in [6, 6.07) is 2.66. The maximum atomic E-state index is 12.6. The van der Waals surface area contributed by atoms with E-state index in [-0.39, 0.29) is 23.0 Å². The van der Waals surface area contributed by atoms with E-state index in [0.29, 0.717) is 5.56 Å². The van der Waals surface area contributed by atoms with Gasteiger partial charge in [-0.05, 0) is 23.6 Å². The Hall–Kier alpha value is -1.80. The van der Waals surface area contributed by atoms with Crippen LogP contribution in [-0.4, -0.2) is 29.2 Å². The van der Waals surface area contributed by atoms with Crippen molar-refractivity contribution in [2.75, 3.05) is 5.32 Å². The van der Waals surface area contributed by atoms with Crippen molar-refractivity contribution in [1.29, 1.82) is 0 Å². The Labute approximate surface area is 142 Å². The molecule has 1 amide bonds. The lowest BCUT2D eigenvalue weighted by Gasteiger charge is -2.22. The number of nitrogens with two attached hydrogens (primary N) is 1. The minimum atomic E-state index is -4.60. The molecule has 4 N–H and O–H groups in total. The predicted molar refractivity (Wildman–Crippen MR) is 83.9 cm³/mol. The zero-order chi connectivity index (χ0) is 18.7. The van der Waals surface area contributed by atoms with Crippen LogP contribution < -0.4 is 11.1 Å². The first-order valence-corrected chi connectivity index (χ1v) is 7.45. The molecule has 1 rings (SSSR count). The molecule has 0 fully saturated rings. The molecule has 1 aromatic carbocycles. The smallest absolute Gasteiger partial charge is 0.393 e. The number of halogens is 4. The molecule has 0 spiro atoms. The molecule has 134 valence electrons. The van der Waals surface area contributed by atoms with Crippen LogP contribution in [0.15, 0.2) is 18.2 Å². The van der Waals surface area contributed by atoms with E-state index in [9.17, 15) is 22.8 Å². The summed E-state index contributed by atoms with van der Waals surface area (Å²) in [5, 5.41) is 11.2. The van der Waals surface area contributed by atoms with Crippen molar-refractivity contribution in [3.05, 3.63) is 28.8 Å². The summed E-state index contributed by atoms with van der Waals surface area (Å²) in [7, 11) is 0. The lowest BCUT2D eigenvalue weighted by molar-refractivity contribution is -0.176. The normalized spacial score (nSPS) is 15.5. The number of benzene rings is 1. The van der Waals surface area contributed by atoms with Crippen LogP contribution in [0.5, 0.6) is 0 Å². The van der Waals surface area contributed by atoms with Crippen LogP contribution in [0.25, 0.3) is 0 Å². The van der Waals surface area contributed by atoms with Crippen molar-refractivity contribution < 1.29 is 27.9 Å². The van der Waals surface area contributed by atoms with Crippen LogP contribution in [-0.2, 0) is 9.59 Å². The van der Waals surface area contributed by atoms with Crippen LogP contribution in [0.2, 0.25) is 5.02 Å². The number of aliphatic carboxylic acids is 1. The van der Waals surface area contributed by atoms with Crippen molar-refractivity contribution in [3.8, 4) is 0 Å². The molecule has 0 aliphatic rings. The molecule has 9 heteroatoms. The third kappa shape index (κ3) is 5.38. The maximum Gasteiger partial charge on any atom is 0.393 e. The standard InChI is InChI=1S/C15H18ClF3N2O3/c1-7(5-12(22)23)9-3-4-10(16)11(6-9)21-14(24)13(20)8(2)15(17,18)19/h3-4,6-8,13H,5,20H2,1-2H3,(H,21,24)(H,22,23)/t7-,8?,13?/m1/s1. The number of anilines is 1. The number of carboxylic acid groups (broad SMARTS) is 1. The molecule has 3 atom stereocenters.